The molecule has 1 atom stereocenters. The van der Waals surface area contributed by atoms with Crippen molar-refractivity contribution in [1.82, 2.24) is 34.5 Å². The van der Waals surface area contributed by atoms with E-state index in [0.29, 0.717) is 41.4 Å². The van der Waals surface area contributed by atoms with Crippen molar-refractivity contribution in [2.45, 2.75) is 43.9 Å². The van der Waals surface area contributed by atoms with E-state index >= 15 is 0 Å². The number of piperidine rings is 1. The summed E-state index contributed by atoms with van der Waals surface area (Å²) in [4.78, 5) is 42.3. The van der Waals surface area contributed by atoms with E-state index in [1.54, 1.807) is 22.9 Å². The fourth-order valence-corrected chi connectivity index (χ4v) is 5.54. The Morgan fingerprint density at radius 1 is 1.11 bits per heavy atom. The quantitative estimate of drug-likeness (QED) is 0.274. The van der Waals surface area contributed by atoms with E-state index in [1.807, 2.05) is 11.0 Å². The SMILES string of the molecule is CN(C/C=C/C(=O)N1CCC[C@@H](n2nc(-c3ccc(C(=O)Nc4cc(C(F)(F)F)ccn4)cc3)c3c(N)ncnc32)C1)C1CC1. The minimum atomic E-state index is -4.56. The van der Waals surface area contributed by atoms with Gasteiger partial charge < -0.3 is 16.0 Å². The van der Waals surface area contributed by atoms with Crippen molar-refractivity contribution in [3.8, 4) is 11.3 Å². The van der Waals surface area contributed by atoms with Gasteiger partial charge in [-0.15, -0.1) is 0 Å². The predicted molar refractivity (Wildman–Crippen MR) is 162 cm³/mol. The lowest BCUT2D eigenvalue weighted by Gasteiger charge is -2.32. The van der Waals surface area contributed by atoms with Gasteiger partial charge in [0.25, 0.3) is 5.91 Å². The van der Waals surface area contributed by atoms with Crippen LogP contribution in [-0.2, 0) is 11.0 Å². The van der Waals surface area contributed by atoms with Crippen LogP contribution in [0, 0.1) is 0 Å². The molecule has 3 N–H and O–H groups in total. The standard InChI is InChI=1S/C31H32F3N9O2/c1-41(22-10-11-22)14-3-5-25(44)42-15-2-4-23(17-42)43-29-26(28(35)37-18-38-29)27(40-43)19-6-8-20(9-7-19)30(45)39-24-16-21(12-13-36-24)31(32,33)34/h3,5-9,12-13,16,18,22-23H,2,4,10-11,14-15,17H2,1H3,(H2,35,37,38)(H,36,39,45)/b5-3+/t23-/m1/s1. The van der Waals surface area contributed by atoms with Crippen LogP contribution >= 0.6 is 0 Å². The second kappa shape index (κ2) is 12.3. The van der Waals surface area contributed by atoms with E-state index < -0.39 is 17.6 Å². The normalized spacial score (nSPS) is 17.4. The van der Waals surface area contributed by atoms with Gasteiger partial charge in [0.2, 0.25) is 5.91 Å². The van der Waals surface area contributed by atoms with Crippen molar-refractivity contribution in [2.75, 3.05) is 37.7 Å². The average molecular weight is 620 g/mol. The molecule has 4 aromatic rings. The summed E-state index contributed by atoms with van der Waals surface area (Å²) in [5, 5.41) is 7.83. The number of fused-ring (bicyclic) bond motifs is 1. The van der Waals surface area contributed by atoms with Gasteiger partial charge in [0.05, 0.1) is 17.0 Å². The molecule has 6 rings (SSSR count). The number of alkyl halides is 3. The number of carbonyl (C=O) groups is 2. The van der Waals surface area contributed by atoms with Crippen LogP contribution in [0.3, 0.4) is 0 Å². The summed E-state index contributed by atoms with van der Waals surface area (Å²) >= 11 is 0. The van der Waals surface area contributed by atoms with Crippen LogP contribution in [0.1, 0.15) is 47.6 Å². The Morgan fingerprint density at radius 2 is 1.89 bits per heavy atom. The van der Waals surface area contributed by atoms with E-state index in [2.05, 4.69) is 32.2 Å². The largest absolute Gasteiger partial charge is 0.416 e. The van der Waals surface area contributed by atoms with Crippen molar-refractivity contribution in [2.24, 2.45) is 0 Å². The molecular formula is C31H32F3N9O2. The third kappa shape index (κ3) is 6.65. The van der Waals surface area contributed by atoms with Crippen LogP contribution < -0.4 is 11.1 Å². The van der Waals surface area contributed by atoms with Crippen molar-refractivity contribution in [3.05, 3.63) is 72.2 Å². The topological polar surface area (TPSA) is 135 Å². The Hall–Kier alpha value is -4.85. The molecule has 1 aliphatic heterocycles. The number of aromatic nitrogens is 5. The number of anilines is 2. The second-order valence-electron chi connectivity index (χ2n) is 11.4. The molecule has 45 heavy (non-hydrogen) atoms. The van der Waals surface area contributed by atoms with E-state index in [-0.39, 0.29) is 29.1 Å². The maximum Gasteiger partial charge on any atom is 0.416 e. The first-order valence-corrected chi connectivity index (χ1v) is 14.7. The number of likely N-dealkylation sites (tertiary alicyclic amines) is 1. The van der Waals surface area contributed by atoms with Crippen LogP contribution in [0.4, 0.5) is 24.8 Å². The Balaban J connectivity index is 1.20. The van der Waals surface area contributed by atoms with Crippen molar-refractivity contribution in [1.29, 1.82) is 0 Å². The maximum absolute atomic E-state index is 13.1. The van der Waals surface area contributed by atoms with Crippen molar-refractivity contribution < 1.29 is 22.8 Å². The number of rotatable bonds is 8. The number of hydrogen-bond acceptors (Lipinski definition) is 8. The van der Waals surface area contributed by atoms with Gasteiger partial charge in [-0.1, -0.05) is 18.2 Å². The van der Waals surface area contributed by atoms with Gasteiger partial charge >= 0.3 is 6.18 Å². The van der Waals surface area contributed by atoms with Gasteiger partial charge in [0.1, 0.15) is 23.7 Å². The first-order chi connectivity index (χ1) is 21.6. The summed E-state index contributed by atoms with van der Waals surface area (Å²) in [5.41, 5.74) is 7.28. The predicted octanol–water partition coefficient (Wildman–Crippen LogP) is 4.56. The third-order valence-corrected chi connectivity index (χ3v) is 8.15. The molecule has 2 amide bonds. The minimum Gasteiger partial charge on any atom is -0.383 e. The molecule has 2 fully saturated rings. The molecule has 14 heteroatoms. The molecule has 2 aliphatic rings. The molecule has 1 saturated heterocycles. The molecule has 11 nitrogen and oxygen atoms in total. The highest BCUT2D eigenvalue weighted by Gasteiger charge is 2.31. The number of amides is 2. The minimum absolute atomic E-state index is 0.0380. The van der Waals surface area contributed by atoms with Crippen molar-refractivity contribution in [3.63, 3.8) is 0 Å². The van der Waals surface area contributed by atoms with Gasteiger partial charge in [-0.05, 0) is 57.0 Å². The van der Waals surface area contributed by atoms with Crippen LogP contribution in [0.5, 0.6) is 0 Å². The van der Waals surface area contributed by atoms with Crippen LogP contribution in [0.2, 0.25) is 0 Å². The molecule has 1 aliphatic carbocycles. The number of benzene rings is 1. The summed E-state index contributed by atoms with van der Waals surface area (Å²) < 4.78 is 41.0. The highest BCUT2D eigenvalue weighted by atomic mass is 19.4. The molecule has 0 unspecified atom stereocenters. The van der Waals surface area contributed by atoms with Gasteiger partial charge in [0, 0.05) is 49.1 Å². The number of nitrogens with one attached hydrogen (secondary N) is 1. The van der Waals surface area contributed by atoms with E-state index in [4.69, 9.17) is 10.8 Å². The smallest absolute Gasteiger partial charge is 0.383 e. The lowest BCUT2D eigenvalue weighted by atomic mass is 10.1. The second-order valence-corrected chi connectivity index (χ2v) is 11.4. The van der Waals surface area contributed by atoms with Gasteiger partial charge in [0.15, 0.2) is 5.65 Å². The van der Waals surface area contributed by atoms with Crippen LogP contribution in [0.25, 0.3) is 22.3 Å². The summed E-state index contributed by atoms with van der Waals surface area (Å²) in [7, 11) is 2.07. The lowest BCUT2D eigenvalue weighted by Crippen LogP contribution is -2.40. The highest BCUT2D eigenvalue weighted by molar-refractivity contribution is 6.04. The molecule has 4 heterocycles. The third-order valence-electron chi connectivity index (χ3n) is 8.15. The number of pyridine rings is 1. The maximum atomic E-state index is 13.1. The molecule has 1 saturated carbocycles. The summed E-state index contributed by atoms with van der Waals surface area (Å²) in [6.45, 7) is 1.85. The Kier molecular flexibility index (Phi) is 8.23. The Bertz CT molecular complexity index is 1750. The number of likely N-dealkylation sites (N-methyl/N-ethyl adjacent to an activating group) is 1. The van der Waals surface area contributed by atoms with Crippen LogP contribution in [-0.4, -0.2) is 79.1 Å². The molecule has 0 spiro atoms. The molecule has 234 valence electrons. The first-order valence-electron chi connectivity index (χ1n) is 14.7. The van der Waals surface area contributed by atoms with Crippen molar-refractivity contribution >= 4 is 34.5 Å². The van der Waals surface area contributed by atoms with Gasteiger partial charge in [-0.3, -0.25) is 14.5 Å². The zero-order valence-electron chi connectivity index (χ0n) is 24.5. The number of carbonyl (C=O) groups excluding carboxylic acids is 2. The number of hydrogen-bond donors (Lipinski definition) is 2. The Labute approximate surface area is 256 Å². The molecular weight excluding hydrogens is 587 g/mol. The zero-order valence-corrected chi connectivity index (χ0v) is 24.5. The average Bonchev–Trinajstić information content (AvgIpc) is 3.81. The summed E-state index contributed by atoms with van der Waals surface area (Å²) in [5.74, 6) is -0.629. The molecule has 3 aromatic heterocycles. The van der Waals surface area contributed by atoms with Crippen LogP contribution in [0.15, 0.2) is 61.1 Å². The molecule has 1 aromatic carbocycles. The Morgan fingerprint density at radius 3 is 2.62 bits per heavy atom. The zero-order chi connectivity index (χ0) is 31.7. The highest BCUT2D eigenvalue weighted by Crippen LogP contribution is 2.34. The molecule has 0 radical (unpaired) electrons. The summed E-state index contributed by atoms with van der Waals surface area (Å²) in [6, 6.07) is 8.52. The molecule has 0 bridgehead atoms. The van der Waals surface area contributed by atoms with E-state index in [9.17, 15) is 22.8 Å². The fourth-order valence-electron chi connectivity index (χ4n) is 5.54. The number of halogens is 3. The van der Waals surface area contributed by atoms with E-state index in [0.717, 1.165) is 37.7 Å². The number of nitrogens with zero attached hydrogens (tertiary/aromatic N) is 7. The van der Waals surface area contributed by atoms with Gasteiger partial charge in [-0.2, -0.15) is 18.3 Å². The monoisotopic (exact) mass is 619 g/mol. The van der Waals surface area contributed by atoms with E-state index in [1.165, 1.54) is 31.3 Å². The summed E-state index contributed by atoms with van der Waals surface area (Å²) in [6.07, 6.45) is 5.38. The first kappa shape index (κ1) is 30.2. The lowest BCUT2D eigenvalue weighted by molar-refractivity contribution is -0.137. The van der Waals surface area contributed by atoms with Gasteiger partial charge in [-0.25, -0.2) is 19.6 Å². The fraction of sp³-hybridized carbons (Fsp3) is 0.355. The number of nitrogen functional groups attached to an aromatic ring is 1. The number of nitrogens with two attached hydrogens (primary N) is 1.